The summed E-state index contributed by atoms with van der Waals surface area (Å²) in [4.78, 5) is 25.1. The Balaban J connectivity index is 1.79. The van der Waals surface area contributed by atoms with Crippen molar-refractivity contribution in [1.29, 1.82) is 0 Å². The van der Waals surface area contributed by atoms with E-state index in [4.69, 9.17) is 4.74 Å². The molecule has 17 heavy (non-hydrogen) atoms. The minimum Gasteiger partial charge on any atom is -0.365 e. The minimum atomic E-state index is -0.124. The molecule has 1 atom stereocenters. The van der Waals surface area contributed by atoms with Crippen LogP contribution in [0, 0.1) is 0 Å². The van der Waals surface area contributed by atoms with Crippen molar-refractivity contribution in [2.24, 2.45) is 0 Å². The molecule has 0 aliphatic carbocycles. The molecule has 1 fully saturated rings. The predicted molar refractivity (Wildman–Crippen MR) is 64.0 cm³/mol. The monoisotopic (exact) mass is 254 g/mol. The van der Waals surface area contributed by atoms with Gasteiger partial charge in [0.05, 0.1) is 11.0 Å². The number of carbonyl (C=O) groups is 2. The van der Waals surface area contributed by atoms with E-state index in [1.165, 1.54) is 11.3 Å². The minimum absolute atomic E-state index is 0.0224. The van der Waals surface area contributed by atoms with Crippen LogP contribution in [0.5, 0.6) is 0 Å². The van der Waals surface area contributed by atoms with Crippen molar-refractivity contribution in [3.8, 4) is 0 Å². The third kappa shape index (κ3) is 3.04. The van der Waals surface area contributed by atoms with Gasteiger partial charge in [0, 0.05) is 20.1 Å². The molecule has 1 N–H and O–H groups in total. The smallest absolute Gasteiger partial charge is 0.261 e. The highest BCUT2D eigenvalue weighted by atomic mass is 32.1. The summed E-state index contributed by atoms with van der Waals surface area (Å²) in [5.41, 5.74) is 0. The van der Waals surface area contributed by atoms with E-state index in [0.29, 0.717) is 18.0 Å². The molecule has 1 saturated heterocycles. The molecule has 92 valence electrons. The number of likely N-dealkylation sites (N-methyl/N-ethyl adjacent to an activating group) is 1. The molecule has 1 aromatic heterocycles. The van der Waals surface area contributed by atoms with Gasteiger partial charge in [-0.2, -0.15) is 0 Å². The molecule has 2 rings (SSSR count). The molecule has 5 nitrogen and oxygen atoms in total. The number of amides is 2. The van der Waals surface area contributed by atoms with Crippen LogP contribution < -0.4 is 5.32 Å². The first-order valence-electron chi connectivity index (χ1n) is 5.34. The Morgan fingerprint density at radius 2 is 2.53 bits per heavy atom. The Hall–Kier alpha value is -1.40. The number of hydrogen-bond acceptors (Lipinski definition) is 4. The van der Waals surface area contributed by atoms with Gasteiger partial charge in [0.2, 0.25) is 5.91 Å². The first-order chi connectivity index (χ1) is 8.16. The summed E-state index contributed by atoms with van der Waals surface area (Å²) in [6.07, 6.45) is -0.124. The second-order valence-electron chi connectivity index (χ2n) is 3.89. The van der Waals surface area contributed by atoms with Gasteiger partial charge in [0.1, 0.15) is 6.61 Å². The lowest BCUT2D eigenvalue weighted by atomic mass is 10.2. The number of nitrogens with one attached hydrogen (secondary N) is 1. The number of hydrogen-bond donors (Lipinski definition) is 1. The van der Waals surface area contributed by atoms with Gasteiger partial charge in [-0.15, -0.1) is 11.3 Å². The van der Waals surface area contributed by atoms with Gasteiger partial charge < -0.3 is 15.0 Å². The molecular weight excluding hydrogens is 240 g/mol. The van der Waals surface area contributed by atoms with Crippen LogP contribution in [0.3, 0.4) is 0 Å². The summed E-state index contributed by atoms with van der Waals surface area (Å²) in [6.45, 7) is 1.04. The lowest BCUT2D eigenvalue weighted by Gasteiger charge is -2.29. The fraction of sp³-hybridized carbons (Fsp3) is 0.455. The Labute approximate surface area is 103 Å². The lowest BCUT2D eigenvalue weighted by molar-refractivity contribution is -0.146. The van der Waals surface area contributed by atoms with Crippen molar-refractivity contribution < 1.29 is 14.3 Å². The maximum absolute atomic E-state index is 11.7. The number of nitrogens with zero attached hydrogens (tertiary/aromatic N) is 1. The maximum Gasteiger partial charge on any atom is 0.261 e. The summed E-state index contributed by atoms with van der Waals surface area (Å²) in [5, 5.41) is 4.66. The van der Waals surface area contributed by atoms with E-state index in [0.717, 1.165) is 0 Å². The van der Waals surface area contributed by atoms with Crippen LogP contribution in [-0.2, 0) is 9.53 Å². The molecule has 1 aliphatic heterocycles. The molecule has 2 amide bonds. The highest BCUT2D eigenvalue weighted by molar-refractivity contribution is 7.12. The summed E-state index contributed by atoms with van der Waals surface area (Å²) in [7, 11) is 1.74. The van der Waals surface area contributed by atoms with Crippen LogP contribution in [0.15, 0.2) is 17.5 Å². The quantitative estimate of drug-likeness (QED) is 0.846. The van der Waals surface area contributed by atoms with Crippen molar-refractivity contribution in [2.75, 3.05) is 26.7 Å². The number of carbonyl (C=O) groups excluding carboxylic acids is 2. The molecule has 0 radical (unpaired) electrons. The van der Waals surface area contributed by atoms with Crippen molar-refractivity contribution in [3.05, 3.63) is 22.4 Å². The third-order valence-electron chi connectivity index (χ3n) is 2.58. The number of ether oxygens (including phenoxy) is 1. The Bertz CT molecular complexity index is 405. The highest BCUT2D eigenvalue weighted by Gasteiger charge is 2.23. The molecule has 6 heteroatoms. The largest absolute Gasteiger partial charge is 0.365 e. The van der Waals surface area contributed by atoms with Gasteiger partial charge in [0.15, 0.2) is 0 Å². The molecule has 0 spiro atoms. The van der Waals surface area contributed by atoms with Crippen LogP contribution in [0.2, 0.25) is 0 Å². The molecule has 0 bridgehead atoms. The van der Waals surface area contributed by atoms with Crippen LogP contribution in [-0.4, -0.2) is 49.6 Å². The normalized spacial score (nSPS) is 20.4. The van der Waals surface area contributed by atoms with E-state index in [1.54, 1.807) is 18.0 Å². The first kappa shape index (κ1) is 12.1. The Kier molecular flexibility index (Phi) is 3.75. The fourth-order valence-electron chi connectivity index (χ4n) is 1.58. The predicted octanol–water partition coefficient (Wildman–Crippen LogP) is 0.335. The maximum atomic E-state index is 11.7. The number of morpholine rings is 1. The van der Waals surface area contributed by atoms with E-state index in [1.807, 2.05) is 11.4 Å². The van der Waals surface area contributed by atoms with Crippen LogP contribution in [0.4, 0.5) is 0 Å². The SMILES string of the molecule is CN1CC(CNC(=O)c2cccs2)OCC1=O. The highest BCUT2D eigenvalue weighted by Crippen LogP contribution is 2.08. The second kappa shape index (κ2) is 5.29. The summed E-state index contributed by atoms with van der Waals surface area (Å²) in [6, 6.07) is 3.61. The second-order valence-corrected chi connectivity index (χ2v) is 4.84. The van der Waals surface area contributed by atoms with Crippen LogP contribution >= 0.6 is 11.3 Å². The van der Waals surface area contributed by atoms with Gasteiger partial charge in [-0.1, -0.05) is 6.07 Å². The first-order valence-corrected chi connectivity index (χ1v) is 6.22. The van der Waals surface area contributed by atoms with Gasteiger partial charge in [-0.3, -0.25) is 9.59 Å². The third-order valence-corrected chi connectivity index (χ3v) is 3.45. The molecule has 1 aliphatic rings. The van der Waals surface area contributed by atoms with E-state index in [2.05, 4.69) is 5.32 Å². The van der Waals surface area contributed by atoms with Crippen molar-refractivity contribution in [2.45, 2.75) is 6.10 Å². The van der Waals surface area contributed by atoms with Crippen LogP contribution in [0.25, 0.3) is 0 Å². The molecule has 0 aromatic carbocycles. The van der Waals surface area contributed by atoms with Crippen molar-refractivity contribution in [3.63, 3.8) is 0 Å². The van der Waals surface area contributed by atoms with Crippen molar-refractivity contribution in [1.82, 2.24) is 10.2 Å². The number of thiophene rings is 1. The standard InChI is InChI=1S/C11H14N2O3S/c1-13-6-8(16-7-10(13)14)5-12-11(15)9-3-2-4-17-9/h2-4,8H,5-7H2,1H3,(H,12,15). The molecular formula is C11H14N2O3S. The average molecular weight is 254 g/mol. The summed E-state index contributed by atoms with van der Waals surface area (Å²) >= 11 is 1.40. The zero-order valence-electron chi connectivity index (χ0n) is 9.51. The molecule has 2 heterocycles. The van der Waals surface area contributed by atoms with Gasteiger partial charge in [-0.05, 0) is 11.4 Å². The fourth-order valence-corrected chi connectivity index (χ4v) is 2.22. The topological polar surface area (TPSA) is 58.6 Å². The number of rotatable bonds is 3. The Morgan fingerprint density at radius 1 is 1.71 bits per heavy atom. The average Bonchev–Trinajstić information content (AvgIpc) is 2.84. The van der Waals surface area contributed by atoms with E-state index in [9.17, 15) is 9.59 Å². The molecule has 1 aromatic rings. The van der Waals surface area contributed by atoms with Crippen LogP contribution in [0.1, 0.15) is 9.67 Å². The summed E-state index contributed by atoms with van der Waals surface area (Å²) in [5.74, 6) is -0.117. The Morgan fingerprint density at radius 3 is 3.18 bits per heavy atom. The molecule has 1 unspecified atom stereocenters. The lowest BCUT2D eigenvalue weighted by Crippen LogP contribution is -2.48. The van der Waals surface area contributed by atoms with Gasteiger partial charge in [0.25, 0.3) is 5.91 Å². The van der Waals surface area contributed by atoms with E-state index in [-0.39, 0.29) is 24.5 Å². The van der Waals surface area contributed by atoms with E-state index < -0.39 is 0 Å². The zero-order valence-corrected chi connectivity index (χ0v) is 10.3. The van der Waals surface area contributed by atoms with E-state index >= 15 is 0 Å². The summed E-state index contributed by atoms with van der Waals surface area (Å²) < 4.78 is 5.33. The van der Waals surface area contributed by atoms with Gasteiger partial charge in [-0.25, -0.2) is 0 Å². The molecule has 0 saturated carbocycles. The van der Waals surface area contributed by atoms with Crippen molar-refractivity contribution >= 4 is 23.2 Å². The zero-order chi connectivity index (χ0) is 12.3. The van der Waals surface area contributed by atoms with Gasteiger partial charge >= 0.3 is 0 Å².